The number of esters is 1. The second-order valence-corrected chi connectivity index (χ2v) is 5.40. The summed E-state index contributed by atoms with van der Waals surface area (Å²) in [6.45, 7) is 1.74. The second kappa shape index (κ2) is 5.79. The van der Waals surface area contributed by atoms with Crippen molar-refractivity contribution in [3.63, 3.8) is 0 Å². The third-order valence-electron chi connectivity index (χ3n) is 3.93. The highest BCUT2D eigenvalue weighted by Gasteiger charge is 2.33. The van der Waals surface area contributed by atoms with E-state index in [1.165, 1.54) is 0 Å². The van der Waals surface area contributed by atoms with Gasteiger partial charge < -0.3 is 19.2 Å². The second-order valence-electron chi connectivity index (χ2n) is 5.40. The van der Waals surface area contributed by atoms with Crippen LogP contribution in [0.25, 0.3) is 0 Å². The molecule has 0 spiro atoms. The highest BCUT2D eigenvalue weighted by molar-refractivity contribution is 5.78. The van der Waals surface area contributed by atoms with Crippen molar-refractivity contribution in [2.75, 3.05) is 14.2 Å². The number of benzene rings is 1. The van der Waals surface area contributed by atoms with Gasteiger partial charge in [-0.2, -0.15) is 0 Å². The van der Waals surface area contributed by atoms with E-state index in [1.54, 1.807) is 39.3 Å². The average Bonchev–Trinajstić information content (AvgIpc) is 2.52. The van der Waals surface area contributed by atoms with Crippen LogP contribution in [0.3, 0.4) is 0 Å². The molecular formula is C17H17NO5. The van der Waals surface area contributed by atoms with Crippen LogP contribution in [0.1, 0.15) is 29.2 Å². The quantitative estimate of drug-likeness (QED) is 0.878. The van der Waals surface area contributed by atoms with Crippen LogP contribution < -0.4 is 19.8 Å². The van der Waals surface area contributed by atoms with Crippen molar-refractivity contribution in [2.24, 2.45) is 0 Å². The van der Waals surface area contributed by atoms with Crippen LogP contribution in [-0.2, 0) is 4.79 Å². The van der Waals surface area contributed by atoms with Gasteiger partial charge in [-0.25, -0.2) is 0 Å². The van der Waals surface area contributed by atoms with E-state index < -0.39 is 5.92 Å². The molecular weight excluding hydrogens is 298 g/mol. The number of carbonyl (C=O) groups is 1. The number of rotatable bonds is 3. The van der Waals surface area contributed by atoms with Crippen molar-refractivity contribution < 1.29 is 19.0 Å². The minimum atomic E-state index is -0.420. The molecule has 2 heterocycles. The molecule has 6 nitrogen and oxygen atoms in total. The Hall–Kier alpha value is -2.76. The van der Waals surface area contributed by atoms with Gasteiger partial charge in [0, 0.05) is 29.3 Å². The molecule has 120 valence electrons. The molecule has 0 saturated heterocycles. The van der Waals surface area contributed by atoms with Crippen molar-refractivity contribution in [2.45, 2.75) is 19.3 Å². The van der Waals surface area contributed by atoms with Crippen molar-refractivity contribution in [1.29, 1.82) is 0 Å². The molecule has 1 aromatic carbocycles. The van der Waals surface area contributed by atoms with Gasteiger partial charge in [0.2, 0.25) is 0 Å². The van der Waals surface area contributed by atoms with Gasteiger partial charge in [-0.05, 0) is 13.0 Å². The topological polar surface area (TPSA) is 77.6 Å². The number of hydrogen-bond donors (Lipinski definition) is 1. The summed E-state index contributed by atoms with van der Waals surface area (Å²) < 4.78 is 15.8. The highest BCUT2D eigenvalue weighted by Crippen LogP contribution is 2.41. The first-order chi connectivity index (χ1) is 11.0. The van der Waals surface area contributed by atoms with E-state index in [9.17, 15) is 9.59 Å². The fourth-order valence-corrected chi connectivity index (χ4v) is 2.89. The molecule has 0 unspecified atom stereocenters. The number of pyridine rings is 1. The van der Waals surface area contributed by atoms with Crippen molar-refractivity contribution in [1.82, 2.24) is 4.98 Å². The van der Waals surface area contributed by atoms with Gasteiger partial charge in [0.15, 0.2) is 0 Å². The van der Waals surface area contributed by atoms with Gasteiger partial charge in [0.25, 0.3) is 5.56 Å². The number of carbonyl (C=O) groups excluding carboxylic acids is 1. The molecule has 0 aliphatic carbocycles. The van der Waals surface area contributed by atoms with E-state index in [0.29, 0.717) is 28.5 Å². The minimum Gasteiger partial charge on any atom is -0.497 e. The third kappa shape index (κ3) is 2.67. The van der Waals surface area contributed by atoms with Crippen LogP contribution in [0.4, 0.5) is 0 Å². The van der Waals surface area contributed by atoms with E-state index in [-0.39, 0.29) is 17.9 Å². The largest absolute Gasteiger partial charge is 0.497 e. The Kier molecular flexibility index (Phi) is 3.82. The molecule has 2 aromatic rings. The SMILES string of the molecule is COc1ccc([C@@H]2CC(=O)Oc3cc(C)[nH]c(=O)c32)c(OC)c1. The Morgan fingerprint density at radius 3 is 2.65 bits per heavy atom. The molecule has 1 aliphatic rings. The molecule has 1 aliphatic heterocycles. The third-order valence-corrected chi connectivity index (χ3v) is 3.93. The number of fused-ring (bicyclic) bond motifs is 1. The van der Waals surface area contributed by atoms with E-state index >= 15 is 0 Å². The molecule has 6 heteroatoms. The van der Waals surface area contributed by atoms with E-state index in [1.807, 2.05) is 6.07 Å². The van der Waals surface area contributed by atoms with Gasteiger partial charge >= 0.3 is 5.97 Å². The predicted octanol–water partition coefficient (Wildman–Crippen LogP) is 2.14. The van der Waals surface area contributed by atoms with Gasteiger partial charge in [-0.15, -0.1) is 0 Å². The molecule has 0 fully saturated rings. The van der Waals surface area contributed by atoms with Crippen LogP contribution in [0.15, 0.2) is 29.1 Å². The summed E-state index contributed by atoms with van der Waals surface area (Å²) in [6.07, 6.45) is 0.0851. The number of aromatic nitrogens is 1. The monoisotopic (exact) mass is 315 g/mol. The van der Waals surface area contributed by atoms with Gasteiger partial charge in [0.1, 0.15) is 17.2 Å². The number of aryl methyl sites for hydroxylation is 1. The molecule has 0 radical (unpaired) electrons. The van der Waals surface area contributed by atoms with Crippen molar-refractivity contribution in [3.05, 3.63) is 51.4 Å². The van der Waals surface area contributed by atoms with Crippen molar-refractivity contribution in [3.8, 4) is 17.2 Å². The number of aromatic amines is 1. The lowest BCUT2D eigenvalue weighted by Crippen LogP contribution is -2.28. The number of hydrogen-bond acceptors (Lipinski definition) is 5. The molecule has 23 heavy (non-hydrogen) atoms. The maximum atomic E-state index is 12.4. The number of H-pyrrole nitrogens is 1. The predicted molar refractivity (Wildman–Crippen MR) is 83.4 cm³/mol. The lowest BCUT2D eigenvalue weighted by atomic mass is 9.86. The standard InChI is InChI=1S/C17H17NO5/c1-9-6-14-16(17(20)18-9)12(8-15(19)23-14)11-5-4-10(21-2)7-13(11)22-3/h4-7,12H,8H2,1-3H3,(H,18,20)/t12-/m0/s1. The Bertz CT molecular complexity index is 824. The molecule has 1 N–H and O–H groups in total. The summed E-state index contributed by atoms with van der Waals surface area (Å²) in [5.41, 5.74) is 1.58. The molecule has 0 amide bonds. The van der Waals surface area contributed by atoms with Gasteiger partial charge in [-0.1, -0.05) is 6.07 Å². The zero-order chi connectivity index (χ0) is 16.6. The Balaban J connectivity index is 2.19. The van der Waals surface area contributed by atoms with Crippen LogP contribution in [0, 0.1) is 6.92 Å². The van der Waals surface area contributed by atoms with Crippen LogP contribution >= 0.6 is 0 Å². The highest BCUT2D eigenvalue weighted by atomic mass is 16.5. The Morgan fingerprint density at radius 2 is 1.96 bits per heavy atom. The number of methoxy groups -OCH3 is 2. The lowest BCUT2D eigenvalue weighted by Gasteiger charge is -2.25. The average molecular weight is 315 g/mol. The fourth-order valence-electron chi connectivity index (χ4n) is 2.89. The Morgan fingerprint density at radius 1 is 1.17 bits per heavy atom. The summed E-state index contributed by atoms with van der Waals surface area (Å²) in [5, 5.41) is 0. The first-order valence-corrected chi connectivity index (χ1v) is 7.20. The van der Waals surface area contributed by atoms with Gasteiger partial charge in [-0.3, -0.25) is 9.59 Å². The maximum Gasteiger partial charge on any atom is 0.312 e. The van der Waals surface area contributed by atoms with E-state index in [2.05, 4.69) is 4.98 Å². The maximum absolute atomic E-state index is 12.4. The van der Waals surface area contributed by atoms with Crippen LogP contribution in [-0.4, -0.2) is 25.2 Å². The van der Waals surface area contributed by atoms with Crippen LogP contribution in [0.5, 0.6) is 17.2 Å². The van der Waals surface area contributed by atoms with E-state index in [0.717, 1.165) is 5.56 Å². The molecule has 0 bridgehead atoms. The minimum absolute atomic E-state index is 0.0851. The summed E-state index contributed by atoms with van der Waals surface area (Å²) >= 11 is 0. The smallest absolute Gasteiger partial charge is 0.312 e. The number of ether oxygens (including phenoxy) is 3. The molecule has 1 aromatic heterocycles. The van der Waals surface area contributed by atoms with Crippen LogP contribution in [0.2, 0.25) is 0 Å². The Labute approximate surface area is 133 Å². The fraction of sp³-hybridized carbons (Fsp3) is 0.294. The summed E-state index contributed by atoms with van der Waals surface area (Å²) in [6, 6.07) is 6.98. The zero-order valence-electron chi connectivity index (χ0n) is 13.1. The zero-order valence-corrected chi connectivity index (χ0v) is 13.1. The summed E-state index contributed by atoms with van der Waals surface area (Å²) in [4.78, 5) is 27.1. The van der Waals surface area contributed by atoms with E-state index in [4.69, 9.17) is 14.2 Å². The molecule has 3 rings (SSSR count). The van der Waals surface area contributed by atoms with Gasteiger partial charge in [0.05, 0.1) is 26.2 Å². The summed E-state index contributed by atoms with van der Waals surface area (Å²) in [7, 11) is 3.11. The molecule has 0 saturated carbocycles. The normalized spacial score (nSPS) is 16.5. The van der Waals surface area contributed by atoms with Crippen molar-refractivity contribution >= 4 is 5.97 Å². The first kappa shape index (κ1) is 15.1. The molecule has 1 atom stereocenters. The number of nitrogens with one attached hydrogen (secondary N) is 1. The lowest BCUT2D eigenvalue weighted by molar-refractivity contribution is -0.135. The first-order valence-electron chi connectivity index (χ1n) is 7.20. The summed E-state index contributed by atoms with van der Waals surface area (Å²) in [5.74, 6) is 0.726.